The zero-order chi connectivity index (χ0) is 20.0. The normalized spacial score (nSPS) is 12.1. The van der Waals surface area contributed by atoms with Gasteiger partial charge in [-0.15, -0.1) is 0 Å². The van der Waals surface area contributed by atoms with E-state index >= 15 is 0 Å². The highest BCUT2D eigenvalue weighted by Gasteiger charge is 2.18. The van der Waals surface area contributed by atoms with Crippen molar-refractivity contribution in [3.05, 3.63) is 65.2 Å². The molecule has 0 atom stereocenters. The molecule has 2 aromatic rings. The van der Waals surface area contributed by atoms with Gasteiger partial charge in [-0.05, 0) is 43.0 Å². The first kappa shape index (κ1) is 21.0. The van der Waals surface area contributed by atoms with Crippen molar-refractivity contribution < 1.29 is 9.90 Å². The summed E-state index contributed by atoms with van der Waals surface area (Å²) >= 11 is 1.38. The smallest absolute Gasteiger partial charge is 0.336 e. The number of hydrogen-bond acceptors (Lipinski definition) is 3. The predicted octanol–water partition coefficient (Wildman–Crippen LogP) is 5.48. The number of carbonyl (C=O) groups is 1. The van der Waals surface area contributed by atoms with Crippen LogP contribution >= 0.6 is 11.9 Å². The first-order valence-electron chi connectivity index (χ1n) is 9.21. The molecule has 0 amide bonds. The van der Waals surface area contributed by atoms with Gasteiger partial charge in [0.15, 0.2) is 0 Å². The fraction of sp³-hybridized carbons (Fsp3) is 0.364. The van der Waals surface area contributed by atoms with Crippen LogP contribution in [0.5, 0.6) is 0 Å². The maximum absolute atomic E-state index is 11.7. The van der Waals surface area contributed by atoms with Gasteiger partial charge >= 0.3 is 5.97 Å². The van der Waals surface area contributed by atoms with Crippen LogP contribution in [0, 0.1) is 0 Å². The quantitative estimate of drug-likeness (QED) is 0.407. The molecule has 2 rings (SSSR count). The van der Waals surface area contributed by atoms with Crippen LogP contribution in [0.4, 0.5) is 0 Å². The summed E-state index contributed by atoms with van der Waals surface area (Å²) in [7, 11) is 0. The van der Waals surface area contributed by atoms with E-state index in [0.29, 0.717) is 11.4 Å². The van der Waals surface area contributed by atoms with Crippen molar-refractivity contribution in [2.75, 3.05) is 13.1 Å². The molecule has 0 saturated heterocycles. The molecule has 4 nitrogen and oxygen atoms in total. The van der Waals surface area contributed by atoms with Crippen molar-refractivity contribution in [3.63, 3.8) is 0 Å². The summed E-state index contributed by atoms with van der Waals surface area (Å²) in [5.41, 5.74) is 2.30. The number of nitrogens with zero attached hydrogens (tertiary/aromatic N) is 2. The lowest BCUT2D eigenvalue weighted by molar-refractivity contribution is 0.0696. The first-order valence-corrected chi connectivity index (χ1v) is 9.98. The fourth-order valence-corrected chi connectivity index (χ4v) is 3.44. The van der Waals surface area contributed by atoms with Crippen LogP contribution in [-0.4, -0.2) is 34.9 Å². The molecule has 0 aliphatic carbocycles. The summed E-state index contributed by atoms with van der Waals surface area (Å²) in [6.45, 7) is 12.2. The molecule has 0 bridgehead atoms. The first-order chi connectivity index (χ1) is 12.8. The van der Waals surface area contributed by atoms with Crippen molar-refractivity contribution >= 4 is 23.8 Å². The van der Waals surface area contributed by atoms with Gasteiger partial charge in [0.05, 0.1) is 5.56 Å². The van der Waals surface area contributed by atoms with Crippen molar-refractivity contribution in [3.8, 4) is 0 Å². The maximum atomic E-state index is 11.7. The Morgan fingerprint density at radius 3 is 2.04 bits per heavy atom. The molecular weight excluding hydrogens is 356 g/mol. The summed E-state index contributed by atoms with van der Waals surface area (Å²) < 4.78 is 4.74. The van der Waals surface area contributed by atoms with Crippen LogP contribution in [0.3, 0.4) is 0 Å². The van der Waals surface area contributed by atoms with Gasteiger partial charge in [0.25, 0.3) is 0 Å². The van der Waals surface area contributed by atoms with Crippen molar-refractivity contribution in [1.29, 1.82) is 0 Å². The van der Waals surface area contributed by atoms with E-state index in [1.54, 1.807) is 12.1 Å². The second-order valence-electron chi connectivity index (χ2n) is 7.30. The topological polar surface area (TPSA) is 52.9 Å². The third kappa shape index (κ3) is 5.36. The highest BCUT2D eigenvalue weighted by Crippen LogP contribution is 2.27. The lowest BCUT2D eigenvalue weighted by Gasteiger charge is -2.24. The molecule has 0 aromatic heterocycles. The molecule has 0 heterocycles. The predicted molar refractivity (Wildman–Crippen MR) is 114 cm³/mol. The van der Waals surface area contributed by atoms with Gasteiger partial charge < -0.3 is 10.0 Å². The van der Waals surface area contributed by atoms with Gasteiger partial charge in [-0.2, -0.15) is 4.40 Å². The van der Waals surface area contributed by atoms with Gasteiger partial charge in [-0.3, -0.25) is 0 Å². The number of carboxylic acids is 1. The Morgan fingerprint density at radius 2 is 1.56 bits per heavy atom. The van der Waals surface area contributed by atoms with E-state index in [9.17, 15) is 9.90 Å². The van der Waals surface area contributed by atoms with Crippen LogP contribution in [-0.2, 0) is 5.41 Å². The van der Waals surface area contributed by atoms with E-state index in [1.165, 1.54) is 17.5 Å². The molecule has 0 radical (unpaired) electrons. The van der Waals surface area contributed by atoms with Crippen LogP contribution in [0.2, 0.25) is 0 Å². The van der Waals surface area contributed by atoms with Crippen LogP contribution < -0.4 is 0 Å². The second kappa shape index (κ2) is 9.09. The molecule has 0 fully saturated rings. The van der Waals surface area contributed by atoms with E-state index in [-0.39, 0.29) is 11.0 Å². The third-order valence-corrected chi connectivity index (χ3v) is 5.17. The largest absolute Gasteiger partial charge is 0.478 e. The van der Waals surface area contributed by atoms with E-state index in [0.717, 1.165) is 18.0 Å². The van der Waals surface area contributed by atoms with Crippen LogP contribution in [0.25, 0.3) is 0 Å². The van der Waals surface area contributed by atoms with E-state index in [4.69, 9.17) is 4.40 Å². The molecule has 1 N–H and O–H groups in total. The third-order valence-electron chi connectivity index (χ3n) is 4.42. The van der Waals surface area contributed by atoms with E-state index in [2.05, 4.69) is 49.9 Å². The minimum Gasteiger partial charge on any atom is -0.478 e. The van der Waals surface area contributed by atoms with Crippen molar-refractivity contribution in [2.24, 2.45) is 4.40 Å². The molecule has 2 aromatic carbocycles. The number of hydrogen-bond donors (Lipinski definition) is 1. The van der Waals surface area contributed by atoms with E-state index < -0.39 is 5.97 Å². The lowest BCUT2D eigenvalue weighted by Crippen LogP contribution is -2.32. The average Bonchev–Trinajstić information content (AvgIpc) is 2.64. The molecule has 0 aliphatic heterocycles. The summed E-state index contributed by atoms with van der Waals surface area (Å²) in [5.74, 6) is -0.243. The fourth-order valence-electron chi connectivity index (χ4n) is 2.78. The van der Waals surface area contributed by atoms with Gasteiger partial charge in [0.1, 0.15) is 5.84 Å². The van der Waals surface area contributed by atoms with Crippen molar-refractivity contribution in [2.45, 2.75) is 44.9 Å². The Balaban J connectivity index is 2.39. The minimum atomic E-state index is -0.940. The Hall–Kier alpha value is -2.27. The Bertz CT molecular complexity index is 804. The second-order valence-corrected chi connectivity index (χ2v) is 8.14. The Morgan fingerprint density at radius 1 is 1.00 bits per heavy atom. The Kier molecular flexibility index (Phi) is 7.08. The van der Waals surface area contributed by atoms with Crippen molar-refractivity contribution in [1.82, 2.24) is 4.90 Å². The molecule has 0 aliphatic rings. The van der Waals surface area contributed by atoms with Crippen LogP contribution in [0.15, 0.2) is 57.8 Å². The minimum absolute atomic E-state index is 0.110. The van der Waals surface area contributed by atoms with E-state index in [1.807, 2.05) is 26.0 Å². The average molecular weight is 385 g/mol. The number of amidine groups is 1. The molecular formula is C22H28N2O2S. The summed E-state index contributed by atoms with van der Waals surface area (Å²) in [6, 6.07) is 15.4. The van der Waals surface area contributed by atoms with Gasteiger partial charge in [0.2, 0.25) is 0 Å². The molecule has 0 spiro atoms. The number of rotatable bonds is 6. The number of aromatic carboxylic acids is 1. The maximum Gasteiger partial charge on any atom is 0.336 e. The van der Waals surface area contributed by atoms with Gasteiger partial charge in [-0.25, -0.2) is 4.79 Å². The highest BCUT2D eigenvalue weighted by molar-refractivity contribution is 7.98. The molecule has 144 valence electrons. The van der Waals surface area contributed by atoms with Crippen LogP contribution in [0.1, 0.15) is 56.1 Å². The lowest BCUT2D eigenvalue weighted by atomic mass is 9.87. The monoisotopic (exact) mass is 384 g/mol. The zero-order valence-electron chi connectivity index (χ0n) is 16.7. The molecule has 0 unspecified atom stereocenters. The zero-order valence-corrected chi connectivity index (χ0v) is 17.5. The number of benzene rings is 2. The van der Waals surface area contributed by atoms with Gasteiger partial charge in [-0.1, -0.05) is 51.1 Å². The standard InChI is InChI=1S/C22H28N2O2S/c1-6-24(7-2)20(18-10-8-9-11-19(18)21(25)26)23-27-17-14-12-16(13-15-17)22(3,4)5/h8-15H,6-7H2,1-5H3,(H,25,26). The number of carboxylic acid groups (broad SMARTS) is 1. The molecule has 0 saturated carbocycles. The Labute approximate surface area is 166 Å². The SMILES string of the molecule is CCN(CC)C(=NSc1ccc(C(C)(C)C)cc1)c1ccccc1C(=O)O. The van der Waals surface area contributed by atoms with Gasteiger partial charge in [0, 0.05) is 35.5 Å². The molecule has 5 heteroatoms. The summed E-state index contributed by atoms with van der Waals surface area (Å²) in [5, 5.41) is 9.55. The summed E-state index contributed by atoms with van der Waals surface area (Å²) in [6.07, 6.45) is 0. The summed E-state index contributed by atoms with van der Waals surface area (Å²) in [4.78, 5) is 14.8. The highest BCUT2D eigenvalue weighted by atomic mass is 32.2. The molecule has 27 heavy (non-hydrogen) atoms.